The van der Waals surface area contributed by atoms with Crippen molar-refractivity contribution in [1.29, 1.82) is 0 Å². The van der Waals surface area contributed by atoms with E-state index < -0.39 is 51.5 Å². The number of nitrogens with zero attached hydrogens (tertiary/aromatic N) is 1. The van der Waals surface area contributed by atoms with Crippen LogP contribution in [0.1, 0.15) is 19.8 Å². The summed E-state index contributed by atoms with van der Waals surface area (Å²) in [6, 6.07) is 7.37. The molecule has 0 unspecified atom stereocenters. The Labute approximate surface area is 190 Å². The zero-order valence-corrected chi connectivity index (χ0v) is 18.9. The molecular weight excluding hydrogens is 461 g/mol. The first-order valence-corrected chi connectivity index (χ1v) is 11.5. The van der Waals surface area contributed by atoms with Crippen molar-refractivity contribution in [3.63, 3.8) is 0 Å². The molecule has 12 heteroatoms. The Hall–Kier alpha value is -3.12. The van der Waals surface area contributed by atoms with Gasteiger partial charge in [-0.05, 0) is 42.8 Å². The molecule has 2 rings (SSSR count). The van der Waals surface area contributed by atoms with Gasteiger partial charge in [0.25, 0.3) is 0 Å². The summed E-state index contributed by atoms with van der Waals surface area (Å²) in [6.07, 6.45) is 1.62. The van der Waals surface area contributed by atoms with Gasteiger partial charge in [-0.15, -0.1) is 0 Å². The summed E-state index contributed by atoms with van der Waals surface area (Å²) < 4.78 is 65.9. The van der Waals surface area contributed by atoms with Crippen LogP contribution in [-0.2, 0) is 19.6 Å². The van der Waals surface area contributed by atoms with Crippen LogP contribution in [0.4, 0.5) is 24.5 Å². The lowest BCUT2D eigenvalue weighted by atomic mass is 10.2. The summed E-state index contributed by atoms with van der Waals surface area (Å²) in [5, 5.41) is 7.09. The molecule has 0 radical (unpaired) electrons. The number of anilines is 2. The fourth-order valence-electron chi connectivity index (χ4n) is 2.67. The van der Waals surface area contributed by atoms with Gasteiger partial charge in [0.1, 0.15) is 0 Å². The summed E-state index contributed by atoms with van der Waals surface area (Å²) >= 11 is 0. The molecule has 0 fully saturated rings. The number of carbonyl (C=O) groups excluding carboxylic acids is 2. The van der Waals surface area contributed by atoms with Crippen molar-refractivity contribution >= 4 is 33.2 Å². The molecule has 0 bridgehead atoms. The minimum Gasteiger partial charge on any atom is -0.376 e. The second-order valence-electron chi connectivity index (χ2n) is 7.11. The number of unbranched alkanes of at least 4 members (excludes halogenated alkanes) is 1. The maximum Gasteiger partial charge on any atom is 0.243 e. The van der Waals surface area contributed by atoms with Gasteiger partial charge in [0, 0.05) is 19.3 Å². The normalized spacial score (nSPS) is 11.3. The molecular formula is C21H25F3N4O4S. The molecule has 8 nitrogen and oxygen atoms in total. The number of sulfonamides is 1. The highest BCUT2D eigenvalue weighted by atomic mass is 32.2. The van der Waals surface area contributed by atoms with E-state index in [-0.39, 0.29) is 11.4 Å². The predicted octanol–water partition coefficient (Wildman–Crippen LogP) is 2.69. The molecule has 0 aromatic heterocycles. The van der Waals surface area contributed by atoms with Gasteiger partial charge in [-0.3, -0.25) is 9.59 Å². The zero-order valence-electron chi connectivity index (χ0n) is 18.1. The highest BCUT2D eigenvalue weighted by Gasteiger charge is 2.20. The Balaban J connectivity index is 1.82. The van der Waals surface area contributed by atoms with Gasteiger partial charge in [-0.2, -0.15) is 0 Å². The van der Waals surface area contributed by atoms with Crippen molar-refractivity contribution < 1.29 is 31.2 Å². The molecule has 0 aliphatic heterocycles. The van der Waals surface area contributed by atoms with Crippen molar-refractivity contribution in [2.24, 2.45) is 0 Å². The molecule has 0 saturated heterocycles. The summed E-state index contributed by atoms with van der Waals surface area (Å²) in [4.78, 5) is 23.8. The molecule has 0 aliphatic rings. The summed E-state index contributed by atoms with van der Waals surface area (Å²) in [5.41, 5.74) is -0.0738. The van der Waals surface area contributed by atoms with Crippen LogP contribution in [0.25, 0.3) is 0 Å². The number of carbonyl (C=O) groups is 2. The minimum absolute atomic E-state index is 0.122. The zero-order chi connectivity index (χ0) is 24.6. The van der Waals surface area contributed by atoms with Crippen molar-refractivity contribution in [2.75, 3.05) is 37.3 Å². The van der Waals surface area contributed by atoms with Crippen LogP contribution in [-0.4, -0.2) is 51.2 Å². The van der Waals surface area contributed by atoms with E-state index in [1.54, 1.807) is 0 Å². The van der Waals surface area contributed by atoms with E-state index in [2.05, 4.69) is 10.6 Å². The third kappa shape index (κ3) is 7.19. The van der Waals surface area contributed by atoms with Crippen LogP contribution in [0, 0.1) is 17.5 Å². The van der Waals surface area contributed by atoms with Crippen molar-refractivity contribution in [3.8, 4) is 0 Å². The van der Waals surface area contributed by atoms with E-state index in [9.17, 15) is 31.2 Å². The Morgan fingerprint density at radius 3 is 2.24 bits per heavy atom. The van der Waals surface area contributed by atoms with Crippen LogP contribution >= 0.6 is 0 Å². The van der Waals surface area contributed by atoms with Crippen molar-refractivity contribution in [3.05, 3.63) is 53.8 Å². The first-order chi connectivity index (χ1) is 15.6. The highest BCUT2D eigenvalue weighted by molar-refractivity contribution is 7.89. The van der Waals surface area contributed by atoms with Gasteiger partial charge in [-0.25, -0.2) is 25.9 Å². The number of halogens is 3. The van der Waals surface area contributed by atoms with Gasteiger partial charge < -0.3 is 16.0 Å². The Bertz CT molecular complexity index is 1100. The summed E-state index contributed by atoms with van der Waals surface area (Å²) in [6.45, 7) is 1.63. The van der Waals surface area contributed by atoms with Crippen LogP contribution < -0.4 is 16.0 Å². The van der Waals surface area contributed by atoms with Gasteiger partial charge in [0.15, 0.2) is 17.5 Å². The lowest BCUT2D eigenvalue weighted by Crippen LogP contribution is -2.36. The molecule has 0 spiro atoms. The fourth-order valence-corrected chi connectivity index (χ4v) is 3.88. The second-order valence-corrected chi connectivity index (χ2v) is 9.15. The minimum atomic E-state index is -3.60. The third-order valence-corrected chi connectivity index (χ3v) is 6.47. The van der Waals surface area contributed by atoms with Crippen LogP contribution in [0.3, 0.4) is 0 Å². The van der Waals surface area contributed by atoms with Gasteiger partial charge in [0.2, 0.25) is 21.8 Å². The maximum atomic E-state index is 13.6. The first kappa shape index (κ1) is 26.1. The van der Waals surface area contributed by atoms with Crippen LogP contribution in [0.5, 0.6) is 0 Å². The third-order valence-electron chi connectivity index (χ3n) is 4.60. The van der Waals surface area contributed by atoms with E-state index in [4.69, 9.17) is 0 Å². The molecule has 0 aliphatic carbocycles. The summed E-state index contributed by atoms with van der Waals surface area (Å²) in [5.74, 6) is -6.06. The van der Waals surface area contributed by atoms with Crippen LogP contribution in [0.15, 0.2) is 41.3 Å². The number of nitrogens with one attached hydrogen (secondary N) is 3. The summed E-state index contributed by atoms with van der Waals surface area (Å²) in [7, 11) is -2.09. The molecule has 3 N–H and O–H groups in total. The number of hydrogen-bond donors (Lipinski definition) is 3. The second kappa shape index (κ2) is 11.7. The smallest absolute Gasteiger partial charge is 0.243 e. The van der Waals surface area contributed by atoms with Crippen molar-refractivity contribution in [2.45, 2.75) is 24.7 Å². The standard InChI is InChI=1S/C21H25F3N4O4S/c1-3-4-11-28(2)33(31,32)15-7-5-14(6-8-15)25-12-18(29)26-13-19(30)27-17-10-9-16(22)20(23)21(17)24/h5-10,25H,3-4,11-13H2,1-2H3,(H,26,29)(H,27,30). The van der Waals surface area contributed by atoms with E-state index in [0.29, 0.717) is 18.3 Å². The quantitative estimate of drug-likeness (QED) is 0.424. The number of amides is 2. The fraction of sp³-hybridized carbons (Fsp3) is 0.333. The maximum absolute atomic E-state index is 13.6. The molecule has 180 valence electrons. The molecule has 0 atom stereocenters. The van der Waals surface area contributed by atoms with Crippen LogP contribution in [0.2, 0.25) is 0 Å². The molecule has 0 saturated carbocycles. The monoisotopic (exact) mass is 486 g/mol. The topological polar surface area (TPSA) is 108 Å². The lowest BCUT2D eigenvalue weighted by Gasteiger charge is -2.17. The molecule has 0 heterocycles. The van der Waals surface area contributed by atoms with E-state index in [1.165, 1.54) is 35.6 Å². The Morgan fingerprint density at radius 1 is 0.939 bits per heavy atom. The molecule has 2 aromatic rings. The van der Waals surface area contributed by atoms with Gasteiger partial charge >= 0.3 is 0 Å². The Kier molecular flexibility index (Phi) is 9.23. The molecule has 2 amide bonds. The van der Waals surface area contributed by atoms with E-state index in [0.717, 1.165) is 18.9 Å². The lowest BCUT2D eigenvalue weighted by molar-refractivity contribution is -0.122. The highest BCUT2D eigenvalue weighted by Crippen LogP contribution is 2.20. The van der Waals surface area contributed by atoms with E-state index in [1.807, 2.05) is 12.2 Å². The largest absolute Gasteiger partial charge is 0.376 e. The SMILES string of the molecule is CCCCN(C)S(=O)(=O)c1ccc(NCC(=O)NCC(=O)Nc2ccc(F)c(F)c2F)cc1. The number of rotatable bonds is 11. The number of benzene rings is 2. The number of hydrogen-bond acceptors (Lipinski definition) is 5. The van der Waals surface area contributed by atoms with E-state index >= 15 is 0 Å². The molecule has 33 heavy (non-hydrogen) atoms. The van der Waals surface area contributed by atoms with Gasteiger partial charge in [0.05, 0.1) is 23.7 Å². The first-order valence-electron chi connectivity index (χ1n) is 10.1. The average Bonchev–Trinajstić information content (AvgIpc) is 2.80. The van der Waals surface area contributed by atoms with Gasteiger partial charge in [-0.1, -0.05) is 13.3 Å². The Morgan fingerprint density at radius 2 is 1.61 bits per heavy atom. The predicted molar refractivity (Wildman–Crippen MR) is 118 cm³/mol. The average molecular weight is 487 g/mol. The van der Waals surface area contributed by atoms with Crippen molar-refractivity contribution in [1.82, 2.24) is 9.62 Å². The molecule has 2 aromatic carbocycles.